The molecule has 0 aromatic heterocycles. The van der Waals surface area contributed by atoms with Gasteiger partial charge in [0.25, 0.3) is 0 Å². The van der Waals surface area contributed by atoms with Crippen LogP contribution in [0.3, 0.4) is 0 Å². The Morgan fingerprint density at radius 1 is 1.44 bits per heavy atom. The van der Waals surface area contributed by atoms with Crippen LogP contribution in [0, 0.1) is 0 Å². The lowest BCUT2D eigenvalue weighted by Crippen LogP contribution is -2.28. The summed E-state index contributed by atoms with van der Waals surface area (Å²) >= 11 is 0. The summed E-state index contributed by atoms with van der Waals surface area (Å²) < 4.78 is 5.21. The van der Waals surface area contributed by atoms with Crippen molar-refractivity contribution in [2.24, 2.45) is 0 Å². The van der Waals surface area contributed by atoms with Gasteiger partial charge in [-0.3, -0.25) is 0 Å². The van der Waals surface area contributed by atoms with Crippen molar-refractivity contribution in [2.45, 2.75) is 18.9 Å². The van der Waals surface area contributed by atoms with E-state index in [9.17, 15) is 4.79 Å². The molecule has 0 spiro atoms. The number of benzene rings is 1. The van der Waals surface area contributed by atoms with Crippen molar-refractivity contribution in [3.63, 3.8) is 0 Å². The number of hydrogen-bond acceptors (Lipinski definition) is 4. The van der Waals surface area contributed by atoms with E-state index in [2.05, 4.69) is 5.32 Å². The van der Waals surface area contributed by atoms with E-state index in [4.69, 9.17) is 10.5 Å². The molecule has 2 rings (SSSR count). The molecule has 4 heteroatoms. The molecule has 86 valence electrons. The van der Waals surface area contributed by atoms with Crippen molar-refractivity contribution in [1.29, 1.82) is 0 Å². The Balaban J connectivity index is 1.85. The summed E-state index contributed by atoms with van der Waals surface area (Å²) in [6.45, 7) is 1.47. The normalized spacial score (nSPS) is 19.6. The van der Waals surface area contributed by atoms with E-state index in [0.717, 1.165) is 19.4 Å². The van der Waals surface area contributed by atoms with Crippen LogP contribution in [-0.2, 0) is 4.74 Å². The Bertz CT molecular complexity index is 356. The van der Waals surface area contributed by atoms with Crippen LogP contribution in [-0.4, -0.2) is 25.2 Å². The number of nitrogens with two attached hydrogens (primary N) is 1. The van der Waals surface area contributed by atoms with Gasteiger partial charge in [0.1, 0.15) is 6.61 Å². The molecule has 1 unspecified atom stereocenters. The molecule has 0 bridgehead atoms. The van der Waals surface area contributed by atoms with Gasteiger partial charge in [0.2, 0.25) is 0 Å². The summed E-state index contributed by atoms with van der Waals surface area (Å²) in [5.41, 5.74) is 6.73. The third kappa shape index (κ3) is 2.73. The van der Waals surface area contributed by atoms with Crippen molar-refractivity contribution in [2.75, 3.05) is 18.9 Å². The van der Waals surface area contributed by atoms with Crippen molar-refractivity contribution >= 4 is 11.7 Å². The zero-order chi connectivity index (χ0) is 11.4. The van der Waals surface area contributed by atoms with Crippen LogP contribution in [0.25, 0.3) is 0 Å². The molecule has 0 aliphatic carbocycles. The highest BCUT2D eigenvalue weighted by atomic mass is 16.5. The number of nitrogens with one attached hydrogen (secondary N) is 1. The van der Waals surface area contributed by atoms with E-state index in [0.29, 0.717) is 23.9 Å². The molecule has 0 saturated carbocycles. The number of anilines is 1. The van der Waals surface area contributed by atoms with Crippen molar-refractivity contribution < 1.29 is 9.53 Å². The monoisotopic (exact) mass is 220 g/mol. The Morgan fingerprint density at radius 2 is 2.19 bits per heavy atom. The maximum atomic E-state index is 11.6. The van der Waals surface area contributed by atoms with Gasteiger partial charge >= 0.3 is 5.97 Å². The van der Waals surface area contributed by atoms with Crippen molar-refractivity contribution in [3.8, 4) is 0 Å². The summed E-state index contributed by atoms with van der Waals surface area (Å²) in [7, 11) is 0. The Morgan fingerprint density at radius 3 is 2.81 bits per heavy atom. The fourth-order valence-electron chi connectivity index (χ4n) is 1.78. The first-order valence-corrected chi connectivity index (χ1v) is 5.52. The van der Waals surface area contributed by atoms with Gasteiger partial charge in [-0.25, -0.2) is 4.79 Å². The van der Waals surface area contributed by atoms with Crippen LogP contribution in [0.2, 0.25) is 0 Å². The number of esters is 1. The van der Waals surface area contributed by atoms with Gasteiger partial charge in [-0.1, -0.05) is 0 Å². The zero-order valence-corrected chi connectivity index (χ0v) is 9.11. The highest BCUT2D eigenvalue weighted by molar-refractivity contribution is 5.89. The topological polar surface area (TPSA) is 64.4 Å². The van der Waals surface area contributed by atoms with Crippen molar-refractivity contribution in [1.82, 2.24) is 5.32 Å². The van der Waals surface area contributed by atoms with Gasteiger partial charge in [-0.05, 0) is 43.7 Å². The third-order valence-corrected chi connectivity index (χ3v) is 2.72. The molecule has 3 N–H and O–H groups in total. The van der Waals surface area contributed by atoms with Crippen LogP contribution in [0.4, 0.5) is 5.69 Å². The average molecular weight is 220 g/mol. The maximum Gasteiger partial charge on any atom is 0.338 e. The first kappa shape index (κ1) is 11.0. The number of nitrogen functional groups attached to an aromatic ring is 1. The molecule has 1 aliphatic rings. The summed E-state index contributed by atoms with van der Waals surface area (Å²) in [6.07, 6.45) is 2.24. The van der Waals surface area contributed by atoms with Gasteiger partial charge in [-0.2, -0.15) is 0 Å². The molecule has 1 aromatic carbocycles. The smallest absolute Gasteiger partial charge is 0.338 e. The SMILES string of the molecule is Nc1ccc(C(=O)OCC2CCCN2)cc1. The lowest BCUT2D eigenvalue weighted by Gasteiger charge is -2.10. The summed E-state index contributed by atoms with van der Waals surface area (Å²) in [6, 6.07) is 7.08. The fraction of sp³-hybridized carbons (Fsp3) is 0.417. The van der Waals surface area contributed by atoms with E-state index in [-0.39, 0.29) is 5.97 Å². The molecule has 4 nitrogen and oxygen atoms in total. The largest absolute Gasteiger partial charge is 0.460 e. The number of carbonyl (C=O) groups is 1. The summed E-state index contributed by atoms with van der Waals surface area (Å²) in [4.78, 5) is 11.6. The lowest BCUT2D eigenvalue weighted by atomic mass is 10.2. The molecule has 1 atom stereocenters. The standard InChI is InChI=1S/C12H16N2O2/c13-10-5-3-9(4-6-10)12(15)16-8-11-2-1-7-14-11/h3-6,11,14H,1-2,7-8,13H2. The van der Waals surface area contributed by atoms with Crippen LogP contribution in [0.1, 0.15) is 23.2 Å². The second-order valence-electron chi connectivity index (χ2n) is 4.01. The number of carbonyl (C=O) groups excluding carboxylic acids is 1. The van der Waals surface area contributed by atoms with Crippen LogP contribution < -0.4 is 11.1 Å². The van der Waals surface area contributed by atoms with Crippen LogP contribution >= 0.6 is 0 Å². The third-order valence-electron chi connectivity index (χ3n) is 2.72. The molecular weight excluding hydrogens is 204 g/mol. The molecule has 1 aliphatic heterocycles. The average Bonchev–Trinajstić information content (AvgIpc) is 2.80. The van der Waals surface area contributed by atoms with Gasteiger partial charge < -0.3 is 15.8 Å². The van der Waals surface area contributed by atoms with E-state index >= 15 is 0 Å². The minimum atomic E-state index is -0.284. The molecule has 1 heterocycles. The first-order valence-electron chi connectivity index (χ1n) is 5.52. The van der Waals surface area contributed by atoms with E-state index < -0.39 is 0 Å². The molecule has 0 radical (unpaired) electrons. The van der Waals surface area contributed by atoms with Gasteiger partial charge in [0, 0.05) is 11.7 Å². The molecular formula is C12H16N2O2. The van der Waals surface area contributed by atoms with E-state index in [1.54, 1.807) is 24.3 Å². The van der Waals surface area contributed by atoms with Gasteiger partial charge in [0.05, 0.1) is 5.56 Å². The molecule has 1 saturated heterocycles. The highest BCUT2D eigenvalue weighted by Gasteiger charge is 2.16. The quantitative estimate of drug-likeness (QED) is 0.593. The Labute approximate surface area is 94.8 Å². The van der Waals surface area contributed by atoms with Crippen LogP contribution in [0.15, 0.2) is 24.3 Å². The Kier molecular flexibility index (Phi) is 3.41. The minimum Gasteiger partial charge on any atom is -0.460 e. The zero-order valence-electron chi connectivity index (χ0n) is 9.11. The molecule has 16 heavy (non-hydrogen) atoms. The highest BCUT2D eigenvalue weighted by Crippen LogP contribution is 2.09. The van der Waals surface area contributed by atoms with Gasteiger partial charge in [-0.15, -0.1) is 0 Å². The second-order valence-corrected chi connectivity index (χ2v) is 4.01. The summed E-state index contributed by atoms with van der Waals surface area (Å²) in [5.74, 6) is -0.284. The predicted molar refractivity (Wildman–Crippen MR) is 62.2 cm³/mol. The number of rotatable bonds is 3. The lowest BCUT2D eigenvalue weighted by molar-refractivity contribution is 0.0473. The van der Waals surface area contributed by atoms with Crippen LogP contribution in [0.5, 0.6) is 0 Å². The maximum absolute atomic E-state index is 11.6. The van der Waals surface area contributed by atoms with Crippen molar-refractivity contribution in [3.05, 3.63) is 29.8 Å². The predicted octanol–water partition coefficient (Wildman–Crippen LogP) is 1.18. The number of ether oxygens (including phenoxy) is 1. The second kappa shape index (κ2) is 4.99. The minimum absolute atomic E-state index is 0.284. The number of hydrogen-bond donors (Lipinski definition) is 2. The Hall–Kier alpha value is -1.55. The molecule has 0 amide bonds. The molecule has 1 fully saturated rings. The van der Waals surface area contributed by atoms with E-state index in [1.165, 1.54) is 0 Å². The van der Waals surface area contributed by atoms with Gasteiger partial charge in [0.15, 0.2) is 0 Å². The first-order chi connectivity index (χ1) is 7.75. The summed E-state index contributed by atoms with van der Waals surface area (Å²) in [5, 5.41) is 3.28. The fourth-order valence-corrected chi connectivity index (χ4v) is 1.78. The molecule has 1 aromatic rings. The van der Waals surface area contributed by atoms with E-state index in [1.807, 2.05) is 0 Å².